The van der Waals surface area contributed by atoms with Gasteiger partial charge in [0.25, 0.3) is 0 Å². The van der Waals surface area contributed by atoms with Gasteiger partial charge in [0.2, 0.25) is 0 Å². The van der Waals surface area contributed by atoms with Crippen LogP contribution in [0.2, 0.25) is 0 Å². The van der Waals surface area contributed by atoms with Gasteiger partial charge < -0.3 is 0 Å². The first-order chi connectivity index (χ1) is 8.16. The summed E-state index contributed by atoms with van der Waals surface area (Å²) in [4.78, 5) is 4.67. The lowest BCUT2D eigenvalue weighted by atomic mass is 9.99. The zero-order chi connectivity index (χ0) is 12.0. The van der Waals surface area contributed by atoms with Crippen LogP contribution in [-0.2, 0) is 0 Å². The summed E-state index contributed by atoms with van der Waals surface area (Å²) in [5.74, 6) is 0. The van der Waals surface area contributed by atoms with Gasteiger partial charge in [-0.05, 0) is 49.4 Å². The molecule has 0 aliphatic heterocycles. The third kappa shape index (κ3) is 1.50. The van der Waals surface area contributed by atoms with Gasteiger partial charge in [-0.1, -0.05) is 24.3 Å². The lowest BCUT2D eigenvalue weighted by Crippen LogP contribution is -1.90. The molecular weight excluding hydrogens is 206 g/mol. The summed E-state index contributed by atoms with van der Waals surface area (Å²) in [6, 6.07) is 12.9. The van der Waals surface area contributed by atoms with Crippen molar-refractivity contribution < 1.29 is 0 Å². The molecule has 0 saturated heterocycles. The summed E-state index contributed by atoms with van der Waals surface area (Å²) in [6.45, 7) is 6.41. The van der Waals surface area contributed by atoms with Gasteiger partial charge in [-0.2, -0.15) is 0 Å². The average Bonchev–Trinajstić information content (AvgIpc) is 2.32. The first-order valence-electron chi connectivity index (χ1n) is 5.93. The minimum absolute atomic E-state index is 1.08. The summed E-state index contributed by atoms with van der Waals surface area (Å²) in [5, 5.41) is 3.83. The quantitative estimate of drug-likeness (QED) is 0.515. The van der Waals surface area contributed by atoms with E-state index < -0.39 is 0 Å². The Bertz CT molecular complexity index is 726. The van der Waals surface area contributed by atoms with Gasteiger partial charge >= 0.3 is 0 Å². The Morgan fingerprint density at radius 2 is 1.41 bits per heavy atom. The number of aromatic nitrogens is 1. The van der Waals surface area contributed by atoms with Crippen molar-refractivity contribution >= 4 is 21.7 Å². The molecule has 1 nitrogen and oxygen atoms in total. The Kier molecular flexibility index (Phi) is 2.15. The van der Waals surface area contributed by atoms with E-state index in [0.29, 0.717) is 0 Å². The Morgan fingerprint density at radius 3 is 2.18 bits per heavy atom. The van der Waals surface area contributed by atoms with Gasteiger partial charge in [0.15, 0.2) is 0 Å². The molecular formula is C16H15N. The molecule has 0 fully saturated rings. The van der Waals surface area contributed by atoms with E-state index in [1.54, 1.807) is 0 Å². The molecule has 0 amide bonds. The fraction of sp³-hybridized carbons (Fsp3) is 0.188. The standard InChI is InChI=1S/C16H15N/c1-10-8-14-12(3)17-16-7-5-4-6-13(16)15(14)9-11(10)2/h4-9H,1-3H3. The van der Waals surface area contributed by atoms with Gasteiger partial charge in [0.1, 0.15) is 0 Å². The maximum absolute atomic E-state index is 4.67. The van der Waals surface area contributed by atoms with Crippen molar-refractivity contribution in [3.8, 4) is 0 Å². The Labute approximate surface area is 101 Å². The summed E-state index contributed by atoms with van der Waals surface area (Å²) < 4.78 is 0. The van der Waals surface area contributed by atoms with Crippen LogP contribution in [0.15, 0.2) is 36.4 Å². The van der Waals surface area contributed by atoms with E-state index in [-0.39, 0.29) is 0 Å². The highest BCUT2D eigenvalue weighted by molar-refractivity contribution is 6.07. The summed E-state index contributed by atoms with van der Waals surface area (Å²) in [7, 11) is 0. The maximum atomic E-state index is 4.67. The number of benzene rings is 2. The lowest BCUT2D eigenvalue weighted by Gasteiger charge is -2.09. The molecule has 0 aliphatic rings. The van der Waals surface area contributed by atoms with E-state index in [2.05, 4.69) is 56.1 Å². The molecule has 0 unspecified atom stereocenters. The molecule has 1 heteroatoms. The molecule has 1 heterocycles. The molecule has 3 aromatic rings. The first-order valence-corrected chi connectivity index (χ1v) is 5.93. The lowest BCUT2D eigenvalue weighted by molar-refractivity contribution is 1.28. The predicted octanol–water partition coefficient (Wildman–Crippen LogP) is 4.31. The van der Waals surface area contributed by atoms with Crippen LogP contribution in [0.4, 0.5) is 0 Å². The molecule has 2 aromatic carbocycles. The number of rotatable bonds is 0. The number of hydrogen-bond donors (Lipinski definition) is 0. The fourth-order valence-corrected chi connectivity index (χ4v) is 2.38. The molecule has 17 heavy (non-hydrogen) atoms. The topological polar surface area (TPSA) is 12.9 Å². The van der Waals surface area contributed by atoms with E-state index in [4.69, 9.17) is 0 Å². The monoisotopic (exact) mass is 221 g/mol. The van der Waals surface area contributed by atoms with E-state index in [1.165, 1.54) is 27.3 Å². The summed E-state index contributed by atoms with van der Waals surface area (Å²) >= 11 is 0. The zero-order valence-corrected chi connectivity index (χ0v) is 10.4. The van der Waals surface area contributed by atoms with E-state index in [1.807, 2.05) is 6.07 Å². The normalized spacial score (nSPS) is 11.2. The van der Waals surface area contributed by atoms with E-state index >= 15 is 0 Å². The van der Waals surface area contributed by atoms with E-state index in [0.717, 1.165) is 11.2 Å². The second-order valence-electron chi connectivity index (χ2n) is 4.70. The Morgan fingerprint density at radius 1 is 0.765 bits per heavy atom. The molecule has 0 bridgehead atoms. The highest BCUT2D eigenvalue weighted by atomic mass is 14.7. The highest BCUT2D eigenvalue weighted by Gasteiger charge is 2.06. The molecule has 0 aliphatic carbocycles. The minimum atomic E-state index is 1.08. The number of para-hydroxylation sites is 1. The van der Waals surface area contributed by atoms with Crippen molar-refractivity contribution in [2.24, 2.45) is 0 Å². The molecule has 0 radical (unpaired) electrons. The number of fused-ring (bicyclic) bond motifs is 3. The second kappa shape index (κ2) is 3.56. The number of nitrogens with zero attached hydrogens (tertiary/aromatic N) is 1. The van der Waals surface area contributed by atoms with Crippen LogP contribution in [0.5, 0.6) is 0 Å². The molecule has 0 N–H and O–H groups in total. The molecule has 0 spiro atoms. The first kappa shape index (κ1) is 10.3. The van der Waals surface area contributed by atoms with Crippen molar-refractivity contribution in [1.82, 2.24) is 4.98 Å². The zero-order valence-electron chi connectivity index (χ0n) is 10.4. The van der Waals surface area contributed by atoms with Gasteiger partial charge in [0, 0.05) is 16.5 Å². The Balaban J connectivity index is 2.60. The average molecular weight is 221 g/mol. The highest BCUT2D eigenvalue weighted by Crippen LogP contribution is 2.28. The molecule has 3 rings (SSSR count). The van der Waals surface area contributed by atoms with Crippen LogP contribution < -0.4 is 0 Å². The third-order valence-electron chi connectivity index (χ3n) is 3.51. The van der Waals surface area contributed by atoms with Crippen molar-refractivity contribution in [2.45, 2.75) is 20.8 Å². The van der Waals surface area contributed by atoms with Crippen LogP contribution >= 0.6 is 0 Å². The third-order valence-corrected chi connectivity index (χ3v) is 3.51. The summed E-state index contributed by atoms with van der Waals surface area (Å²) in [5.41, 5.74) is 4.87. The van der Waals surface area contributed by atoms with Crippen LogP contribution in [0, 0.1) is 20.8 Å². The van der Waals surface area contributed by atoms with Crippen LogP contribution in [0.25, 0.3) is 21.7 Å². The molecule has 1 aromatic heterocycles. The molecule has 0 saturated carbocycles. The van der Waals surface area contributed by atoms with Gasteiger partial charge in [-0.15, -0.1) is 0 Å². The predicted molar refractivity (Wildman–Crippen MR) is 73.5 cm³/mol. The second-order valence-corrected chi connectivity index (χ2v) is 4.70. The van der Waals surface area contributed by atoms with Crippen molar-refractivity contribution in [3.05, 3.63) is 53.2 Å². The minimum Gasteiger partial charge on any atom is -0.252 e. The number of hydrogen-bond acceptors (Lipinski definition) is 1. The Hall–Kier alpha value is -1.89. The smallest absolute Gasteiger partial charge is 0.0711 e. The van der Waals surface area contributed by atoms with Gasteiger partial charge in [-0.3, -0.25) is 4.98 Å². The molecule has 0 atom stereocenters. The fourth-order valence-electron chi connectivity index (χ4n) is 2.38. The number of pyridine rings is 1. The van der Waals surface area contributed by atoms with E-state index in [9.17, 15) is 0 Å². The van der Waals surface area contributed by atoms with Crippen LogP contribution in [-0.4, -0.2) is 4.98 Å². The van der Waals surface area contributed by atoms with Crippen LogP contribution in [0.1, 0.15) is 16.8 Å². The summed E-state index contributed by atoms with van der Waals surface area (Å²) in [6.07, 6.45) is 0. The maximum Gasteiger partial charge on any atom is 0.0711 e. The van der Waals surface area contributed by atoms with Gasteiger partial charge in [-0.25, -0.2) is 0 Å². The van der Waals surface area contributed by atoms with Crippen molar-refractivity contribution in [2.75, 3.05) is 0 Å². The van der Waals surface area contributed by atoms with Crippen LogP contribution in [0.3, 0.4) is 0 Å². The number of aryl methyl sites for hydroxylation is 3. The molecule has 84 valence electrons. The van der Waals surface area contributed by atoms with Crippen molar-refractivity contribution in [3.63, 3.8) is 0 Å². The van der Waals surface area contributed by atoms with Crippen molar-refractivity contribution in [1.29, 1.82) is 0 Å². The van der Waals surface area contributed by atoms with Gasteiger partial charge in [0.05, 0.1) is 5.52 Å². The SMILES string of the molecule is Cc1cc2c(C)nc3ccccc3c2cc1C. The largest absolute Gasteiger partial charge is 0.252 e.